The minimum Gasteiger partial charge on any atom is -0.369 e. The number of aromatic amines is 1. The fraction of sp³-hybridized carbons (Fsp3) is 0.120. The number of nitrogens with two attached hydrogens (primary N) is 1. The summed E-state index contributed by atoms with van der Waals surface area (Å²) < 4.78 is 15.5. The second-order valence-corrected chi connectivity index (χ2v) is 7.74. The summed E-state index contributed by atoms with van der Waals surface area (Å²) >= 11 is 0. The maximum absolute atomic E-state index is 15.5. The van der Waals surface area contributed by atoms with Crippen molar-refractivity contribution in [3.05, 3.63) is 78.1 Å². The molecule has 2 amide bonds. The van der Waals surface area contributed by atoms with Crippen LogP contribution in [0.25, 0.3) is 32.9 Å². The molecule has 0 unspecified atom stereocenters. The van der Waals surface area contributed by atoms with Crippen molar-refractivity contribution in [2.45, 2.75) is 12.8 Å². The van der Waals surface area contributed by atoms with E-state index in [9.17, 15) is 9.59 Å². The molecule has 1 aliphatic rings. The number of nitrogens with zero attached hydrogens (tertiary/aromatic N) is 1. The molecule has 0 saturated carbocycles. The topological polar surface area (TPSA) is 79.2 Å². The quantitative estimate of drug-likeness (QED) is 0.491. The number of rotatable bonds is 4. The Morgan fingerprint density at radius 3 is 2.77 bits per heavy atom. The summed E-state index contributed by atoms with van der Waals surface area (Å²) in [5.41, 5.74) is 10.4. The van der Waals surface area contributed by atoms with Crippen molar-refractivity contribution in [1.82, 2.24) is 4.98 Å². The predicted octanol–water partition coefficient (Wildman–Crippen LogP) is 4.23. The van der Waals surface area contributed by atoms with E-state index in [0.717, 1.165) is 28.6 Å². The van der Waals surface area contributed by atoms with Gasteiger partial charge < -0.3 is 15.6 Å². The highest BCUT2D eigenvalue weighted by molar-refractivity contribution is 6.16. The van der Waals surface area contributed by atoms with E-state index in [1.807, 2.05) is 42.5 Å². The Morgan fingerprint density at radius 2 is 2.00 bits per heavy atom. The third kappa shape index (κ3) is 2.99. The van der Waals surface area contributed by atoms with Gasteiger partial charge in [0.25, 0.3) is 0 Å². The maximum Gasteiger partial charge on any atom is 0.250 e. The Morgan fingerprint density at radius 1 is 1.19 bits per heavy atom. The van der Waals surface area contributed by atoms with Crippen LogP contribution in [0.3, 0.4) is 0 Å². The SMILES string of the molecule is C=CC(=O)N1CCc2ccc(-c3c(F)cc(CC(N)=O)c4[nH]c5ccccc5c34)cc21. The van der Waals surface area contributed by atoms with Gasteiger partial charge in [-0.1, -0.05) is 36.9 Å². The molecule has 0 fully saturated rings. The van der Waals surface area contributed by atoms with Gasteiger partial charge >= 0.3 is 0 Å². The van der Waals surface area contributed by atoms with Crippen LogP contribution in [-0.2, 0) is 22.4 Å². The minimum absolute atomic E-state index is 0.0632. The summed E-state index contributed by atoms with van der Waals surface area (Å²) in [7, 11) is 0. The molecular weight excluding hydrogens is 393 g/mol. The first kappa shape index (κ1) is 19.1. The molecule has 6 heteroatoms. The van der Waals surface area contributed by atoms with Crippen molar-refractivity contribution in [1.29, 1.82) is 0 Å². The van der Waals surface area contributed by atoms with E-state index >= 15 is 4.39 Å². The molecular formula is C25H20FN3O2. The zero-order chi connectivity index (χ0) is 21.7. The second kappa shape index (κ2) is 7.09. The number of anilines is 1. The molecule has 31 heavy (non-hydrogen) atoms. The molecule has 0 bridgehead atoms. The average Bonchev–Trinajstić information content (AvgIpc) is 3.34. The fourth-order valence-electron chi connectivity index (χ4n) is 4.54. The number of halogens is 1. The lowest BCUT2D eigenvalue weighted by molar-refractivity contribution is -0.117. The molecule has 0 aliphatic carbocycles. The molecule has 5 rings (SSSR count). The lowest BCUT2D eigenvalue weighted by atomic mass is 9.94. The average molecular weight is 413 g/mol. The molecule has 0 atom stereocenters. The number of carbonyl (C=O) groups is 2. The van der Waals surface area contributed by atoms with Gasteiger partial charge in [-0.2, -0.15) is 0 Å². The number of nitrogens with one attached hydrogen (secondary N) is 1. The van der Waals surface area contributed by atoms with Crippen molar-refractivity contribution in [3.8, 4) is 11.1 Å². The largest absolute Gasteiger partial charge is 0.369 e. The van der Waals surface area contributed by atoms with Crippen molar-refractivity contribution in [3.63, 3.8) is 0 Å². The number of hydrogen-bond donors (Lipinski definition) is 2. The highest BCUT2D eigenvalue weighted by atomic mass is 19.1. The number of carbonyl (C=O) groups excluding carboxylic acids is 2. The van der Waals surface area contributed by atoms with Gasteiger partial charge in [-0.3, -0.25) is 9.59 Å². The lowest BCUT2D eigenvalue weighted by Crippen LogP contribution is -2.26. The van der Waals surface area contributed by atoms with Crippen LogP contribution in [0.15, 0.2) is 61.2 Å². The van der Waals surface area contributed by atoms with Crippen LogP contribution in [0.4, 0.5) is 10.1 Å². The predicted molar refractivity (Wildman–Crippen MR) is 120 cm³/mol. The van der Waals surface area contributed by atoms with Crippen LogP contribution in [0.2, 0.25) is 0 Å². The van der Waals surface area contributed by atoms with E-state index in [2.05, 4.69) is 11.6 Å². The van der Waals surface area contributed by atoms with Gasteiger partial charge in [-0.05, 0) is 47.4 Å². The summed E-state index contributed by atoms with van der Waals surface area (Å²) in [6.45, 7) is 4.16. The van der Waals surface area contributed by atoms with Gasteiger partial charge in [0, 0.05) is 34.1 Å². The third-order valence-corrected chi connectivity index (χ3v) is 5.89. The number of H-pyrrole nitrogens is 1. The molecule has 1 aromatic heterocycles. The standard InChI is InChI=1S/C25H20FN3O2/c1-2-22(31)29-10-9-14-7-8-15(12-20(14)29)23-18(26)11-16(13-21(27)30)25-24(23)17-5-3-4-6-19(17)28-25/h2-8,11-12,28H,1,9-10,13H2,(H2,27,30). The Balaban J connectivity index is 1.80. The Labute approximate surface area is 178 Å². The van der Waals surface area contributed by atoms with Crippen LogP contribution in [0, 0.1) is 5.82 Å². The zero-order valence-corrected chi connectivity index (χ0v) is 16.7. The maximum atomic E-state index is 15.5. The minimum atomic E-state index is -0.525. The van der Waals surface area contributed by atoms with E-state index in [1.54, 1.807) is 4.90 Å². The van der Waals surface area contributed by atoms with Crippen LogP contribution >= 0.6 is 0 Å². The lowest BCUT2D eigenvalue weighted by Gasteiger charge is -2.17. The summed E-state index contributed by atoms with van der Waals surface area (Å²) in [5.74, 6) is -1.14. The molecule has 5 nitrogen and oxygen atoms in total. The molecule has 0 radical (unpaired) electrons. The van der Waals surface area contributed by atoms with E-state index in [-0.39, 0.29) is 12.3 Å². The van der Waals surface area contributed by atoms with Crippen LogP contribution in [0.5, 0.6) is 0 Å². The first-order valence-corrected chi connectivity index (χ1v) is 10.0. The second-order valence-electron chi connectivity index (χ2n) is 7.74. The monoisotopic (exact) mass is 413 g/mol. The molecule has 154 valence electrons. The number of hydrogen-bond acceptors (Lipinski definition) is 2. The normalized spacial score (nSPS) is 13.0. The van der Waals surface area contributed by atoms with Gasteiger partial charge in [0.1, 0.15) is 5.82 Å². The first-order valence-electron chi connectivity index (χ1n) is 10.0. The zero-order valence-electron chi connectivity index (χ0n) is 16.7. The Hall–Kier alpha value is -3.93. The number of primary amides is 1. The van der Waals surface area contributed by atoms with E-state index < -0.39 is 11.7 Å². The van der Waals surface area contributed by atoms with Crippen molar-refractivity contribution < 1.29 is 14.0 Å². The molecule has 0 saturated heterocycles. The number of benzene rings is 3. The van der Waals surface area contributed by atoms with Crippen LogP contribution in [0.1, 0.15) is 11.1 Å². The number of aromatic nitrogens is 1. The van der Waals surface area contributed by atoms with Gasteiger partial charge in [0.2, 0.25) is 11.8 Å². The molecule has 0 spiro atoms. The Bertz CT molecular complexity index is 1400. The highest BCUT2D eigenvalue weighted by Crippen LogP contribution is 2.41. The highest BCUT2D eigenvalue weighted by Gasteiger charge is 2.25. The molecule has 2 heterocycles. The van der Waals surface area contributed by atoms with E-state index in [1.165, 1.54) is 12.1 Å². The summed E-state index contributed by atoms with van der Waals surface area (Å²) in [5, 5.41) is 1.56. The van der Waals surface area contributed by atoms with E-state index in [0.29, 0.717) is 34.1 Å². The first-order chi connectivity index (χ1) is 15.0. The summed E-state index contributed by atoms with van der Waals surface area (Å²) in [6.07, 6.45) is 1.98. The molecule has 1 aliphatic heterocycles. The van der Waals surface area contributed by atoms with Crippen LogP contribution in [-0.4, -0.2) is 23.3 Å². The summed E-state index contributed by atoms with van der Waals surface area (Å²) in [4.78, 5) is 28.9. The van der Waals surface area contributed by atoms with Gasteiger partial charge in [-0.25, -0.2) is 4.39 Å². The molecule has 4 aromatic rings. The number of amides is 2. The van der Waals surface area contributed by atoms with Crippen molar-refractivity contribution in [2.24, 2.45) is 5.73 Å². The van der Waals surface area contributed by atoms with Crippen LogP contribution < -0.4 is 10.6 Å². The fourth-order valence-corrected chi connectivity index (χ4v) is 4.54. The molecule has 3 N–H and O–H groups in total. The number of para-hydroxylation sites is 1. The van der Waals surface area contributed by atoms with Crippen molar-refractivity contribution >= 4 is 39.3 Å². The van der Waals surface area contributed by atoms with Gasteiger partial charge in [-0.15, -0.1) is 0 Å². The van der Waals surface area contributed by atoms with Gasteiger partial charge in [0.05, 0.1) is 11.9 Å². The third-order valence-electron chi connectivity index (χ3n) is 5.89. The smallest absolute Gasteiger partial charge is 0.250 e. The molecule has 3 aromatic carbocycles. The summed E-state index contributed by atoms with van der Waals surface area (Å²) in [6, 6.07) is 14.7. The van der Waals surface area contributed by atoms with Crippen molar-refractivity contribution in [2.75, 3.05) is 11.4 Å². The Kier molecular flexibility index (Phi) is 4.36. The van der Waals surface area contributed by atoms with E-state index in [4.69, 9.17) is 5.73 Å². The van der Waals surface area contributed by atoms with Gasteiger partial charge in [0.15, 0.2) is 0 Å². The number of fused-ring (bicyclic) bond motifs is 4.